The Hall–Kier alpha value is -1.39. The van der Waals surface area contributed by atoms with Crippen LogP contribution in [0.2, 0.25) is 0 Å². The highest BCUT2D eigenvalue weighted by Gasteiger charge is 2.42. The summed E-state index contributed by atoms with van der Waals surface area (Å²) in [6.07, 6.45) is 4.57. The Morgan fingerprint density at radius 1 is 1.23 bits per heavy atom. The van der Waals surface area contributed by atoms with Crippen LogP contribution in [0.4, 0.5) is 0 Å². The third-order valence-electron chi connectivity index (χ3n) is 5.73. The minimum atomic E-state index is -0.172. The van der Waals surface area contributed by atoms with Crippen molar-refractivity contribution in [2.45, 2.75) is 58.2 Å². The van der Waals surface area contributed by atoms with Crippen LogP contribution in [0.1, 0.15) is 56.8 Å². The van der Waals surface area contributed by atoms with Crippen molar-refractivity contribution in [3.63, 3.8) is 0 Å². The van der Waals surface area contributed by atoms with Crippen LogP contribution in [0.5, 0.6) is 0 Å². The van der Waals surface area contributed by atoms with Gasteiger partial charge in [-0.15, -0.1) is 0 Å². The zero-order valence-electron chi connectivity index (χ0n) is 16.6. The van der Waals surface area contributed by atoms with Crippen molar-refractivity contribution in [2.75, 3.05) is 32.7 Å². The van der Waals surface area contributed by atoms with Crippen LogP contribution >= 0.6 is 0 Å². The zero-order chi connectivity index (χ0) is 18.6. The lowest BCUT2D eigenvalue weighted by Crippen LogP contribution is -2.56. The summed E-state index contributed by atoms with van der Waals surface area (Å²) in [6.45, 7) is 11.5. The summed E-state index contributed by atoms with van der Waals surface area (Å²) in [5.41, 5.74) is 0.609. The molecule has 1 amide bonds. The SMILES string of the molecule is CC(C)CCN1CCC[C@]2(CC1)CN(C(=O)c1ccccc1)C[C@@H](C)O2. The van der Waals surface area contributed by atoms with Crippen LogP contribution in [-0.2, 0) is 4.74 Å². The van der Waals surface area contributed by atoms with Gasteiger partial charge in [0.05, 0.1) is 18.2 Å². The quantitative estimate of drug-likeness (QED) is 0.820. The summed E-state index contributed by atoms with van der Waals surface area (Å²) >= 11 is 0. The fraction of sp³-hybridized carbons (Fsp3) is 0.682. The number of carbonyl (C=O) groups excluding carboxylic acids is 1. The van der Waals surface area contributed by atoms with E-state index in [1.165, 1.54) is 13.0 Å². The minimum Gasteiger partial charge on any atom is -0.368 e. The molecule has 0 saturated carbocycles. The number of ether oxygens (including phenoxy) is 1. The summed E-state index contributed by atoms with van der Waals surface area (Å²) < 4.78 is 6.46. The van der Waals surface area contributed by atoms with E-state index >= 15 is 0 Å². The maximum Gasteiger partial charge on any atom is 0.254 e. The zero-order valence-corrected chi connectivity index (χ0v) is 16.6. The van der Waals surface area contributed by atoms with Crippen molar-refractivity contribution < 1.29 is 9.53 Å². The van der Waals surface area contributed by atoms with E-state index in [0.29, 0.717) is 6.54 Å². The van der Waals surface area contributed by atoms with Gasteiger partial charge in [-0.3, -0.25) is 4.79 Å². The highest BCUT2D eigenvalue weighted by atomic mass is 16.5. The molecule has 2 fully saturated rings. The van der Waals surface area contributed by atoms with Crippen LogP contribution in [0.15, 0.2) is 30.3 Å². The Morgan fingerprint density at radius 3 is 2.73 bits per heavy atom. The Bertz CT molecular complexity index is 589. The van der Waals surface area contributed by atoms with Crippen LogP contribution in [0, 0.1) is 5.92 Å². The van der Waals surface area contributed by atoms with Crippen molar-refractivity contribution in [1.29, 1.82) is 0 Å². The number of likely N-dealkylation sites (tertiary alicyclic amines) is 1. The topological polar surface area (TPSA) is 32.8 Å². The first-order valence-corrected chi connectivity index (χ1v) is 10.2. The van der Waals surface area contributed by atoms with Crippen molar-refractivity contribution >= 4 is 5.91 Å². The molecule has 0 radical (unpaired) electrons. The fourth-order valence-electron chi connectivity index (χ4n) is 4.31. The second-order valence-corrected chi connectivity index (χ2v) is 8.54. The number of rotatable bonds is 4. The standard InChI is InChI=1S/C22H34N2O2/c1-18(2)10-14-23-13-7-11-22(12-15-23)17-24(16-19(3)26-22)21(25)20-8-5-4-6-9-20/h4-6,8-9,18-19H,7,10-17H2,1-3H3/t19-,22+/m1/s1. The molecular formula is C22H34N2O2. The Balaban J connectivity index is 1.66. The first kappa shape index (κ1) is 19.4. The molecule has 4 heteroatoms. The Kier molecular flexibility index (Phi) is 6.36. The van der Waals surface area contributed by atoms with Crippen molar-refractivity contribution in [1.82, 2.24) is 9.80 Å². The van der Waals surface area contributed by atoms with E-state index < -0.39 is 0 Å². The van der Waals surface area contributed by atoms with Gasteiger partial charge in [-0.25, -0.2) is 0 Å². The molecule has 0 bridgehead atoms. The Morgan fingerprint density at radius 2 is 2.00 bits per heavy atom. The third kappa shape index (κ3) is 4.86. The molecular weight excluding hydrogens is 324 g/mol. The molecule has 0 aliphatic carbocycles. The van der Waals surface area contributed by atoms with Crippen molar-refractivity contribution in [3.8, 4) is 0 Å². The second kappa shape index (κ2) is 8.53. The number of benzene rings is 1. The normalized spacial score (nSPS) is 27.7. The summed E-state index contributed by atoms with van der Waals surface area (Å²) in [6, 6.07) is 9.65. The van der Waals surface area contributed by atoms with Crippen molar-refractivity contribution in [2.24, 2.45) is 5.92 Å². The molecule has 26 heavy (non-hydrogen) atoms. The van der Waals surface area contributed by atoms with Gasteiger partial charge in [0.1, 0.15) is 0 Å². The predicted octanol–water partition coefficient (Wildman–Crippen LogP) is 3.82. The molecule has 0 unspecified atom stereocenters. The van der Waals surface area contributed by atoms with E-state index in [1.54, 1.807) is 0 Å². The second-order valence-electron chi connectivity index (χ2n) is 8.54. The summed E-state index contributed by atoms with van der Waals surface area (Å²) in [5, 5.41) is 0. The van der Waals surface area contributed by atoms with Gasteiger partial charge < -0.3 is 14.5 Å². The van der Waals surface area contributed by atoms with E-state index in [1.807, 2.05) is 35.2 Å². The Labute approximate surface area is 158 Å². The highest BCUT2D eigenvalue weighted by molar-refractivity contribution is 5.94. The minimum absolute atomic E-state index is 0.0960. The fourth-order valence-corrected chi connectivity index (χ4v) is 4.31. The van der Waals surface area contributed by atoms with Crippen LogP contribution < -0.4 is 0 Å². The average molecular weight is 359 g/mol. The monoisotopic (exact) mass is 358 g/mol. The van der Waals surface area contributed by atoms with E-state index in [2.05, 4.69) is 25.7 Å². The molecule has 2 saturated heterocycles. The molecule has 2 aliphatic rings. The van der Waals surface area contributed by atoms with Gasteiger partial charge in [-0.1, -0.05) is 32.0 Å². The summed E-state index contributed by atoms with van der Waals surface area (Å²) in [5.74, 6) is 0.887. The lowest BCUT2D eigenvalue weighted by atomic mass is 9.91. The predicted molar refractivity (Wildman–Crippen MR) is 105 cm³/mol. The first-order chi connectivity index (χ1) is 12.5. The molecule has 2 atom stereocenters. The van der Waals surface area contributed by atoms with Gasteiger partial charge in [-0.2, -0.15) is 0 Å². The van der Waals surface area contributed by atoms with Gasteiger partial charge in [-0.05, 0) is 63.7 Å². The maximum absolute atomic E-state index is 13.0. The lowest BCUT2D eigenvalue weighted by Gasteiger charge is -2.45. The third-order valence-corrected chi connectivity index (χ3v) is 5.73. The smallest absolute Gasteiger partial charge is 0.254 e. The molecule has 3 rings (SSSR count). The van der Waals surface area contributed by atoms with Gasteiger partial charge in [0.2, 0.25) is 0 Å². The number of amides is 1. The maximum atomic E-state index is 13.0. The van der Waals surface area contributed by atoms with Crippen LogP contribution in [-0.4, -0.2) is 60.1 Å². The number of nitrogens with zero attached hydrogens (tertiary/aromatic N) is 2. The van der Waals surface area contributed by atoms with Crippen LogP contribution in [0.25, 0.3) is 0 Å². The van der Waals surface area contributed by atoms with Gasteiger partial charge >= 0.3 is 0 Å². The average Bonchev–Trinajstić information content (AvgIpc) is 2.81. The van der Waals surface area contributed by atoms with Crippen molar-refractivity contribution in [3.05, 3.63) is 35.9 Å². The molecule has 2 aliphatic heterocycles. The van der Waals surface area contributed by atoms with E-state index in [-0.39, 0.29) is 17.6 Å². The molecule has 0 aromatic heterocycles. The molecule has 144 valence electrons. The highest BCUT2D eigenvalue weighted by Crippen LogP contribution is 2.33. The molecule has 2 heterocycles. The molecule has 4 nitrogen and oxygen atoms in total. The van der Waals surface area contributed by atoms with Gasteiger partial charge in [0.15, 0.2) is 0 Å². The molecule has 0 N–H and O–H groups in total. The van der Waals surface area contributed by atoms with Gasteiger partial charge in [0, 0.05) is 18.7 Å². The number of hydrogen-bond donors (Lipinski definition) is 0. The van der Waals surface area contributed by atoms with E-state index in [0.717, 1.165) is 50.4 Å². The van der Waals surface area contributed by atoms with E-state index in [9.17, 15) is 4.79 Å². The van der Waals surface area contributed by atoms with Crippen LogP contribution in [0.3, 0.4) is 0 Å². The van der Waals surface area contributed by atoms with E-state index in [4.69, 9.17) is 4.74 Å². The summed E-state index contributed by atoms with van der Waals surface area (Å²) in [7, 11) is 0. The molecule has 1 aromatic carbocycles. The lowest BCUT2D eigenvalue weighted by molar-refractivity contribution is -0.145. The number of morpholine rings is 1. The molecule has 1 aromatic rings. The first-order valence-electron chi connectivity index (χ1n) is 10.2. The number of carbonyl (C=O) groups is 1. The largest absolute Gasteiger partial charge is 0.368 e. The number of hydrogen-bond acceptors (Lipinski definition) is 3. The van der Waals surface area contributed by atoms with Gasteiger partial charge in [0.25, 0.3) is 5.91 Å². The summed E-state index contributed by atoms with van der Waals surface area (Å²) in [4.78, 5) is 17.6. The molecule has 1 spiro atoms.